The molecule has 3 rings (SSSR count). The molecule has 0 amide bonds. The molecule has 1 aromatic carbocycles. The minimum absolute atomic E-state index is 0.542. The van der Waals surface area contributed by atoms with Crippen molar-refractivity contribution in [1.82, 2.24) is 9.55 Å². The van der Waals surface area contributed by atoms with E-state index in [4.69, 9.17) is 27.9 Å². The lowest BCUT2D eigenvalue weighted by atomic mass is 10.3. The smallest absolute Gasteiger partial charge is 0.136 e. The molecule has 78 valence electrons. The molecule has 1 aliphatic heterocycles. The topological polar surface area (TPSA) is 27.1 Å². The van der Waals surface area contributed by atoms with Gasteiger partial charge in [-0.3, -0.25) is 0 Å². The Morgan fingerprint density at radius 1 is 1.27 bits per heavy atom. The highest BCUT2D eigenvalue weighted by molar-refractivity contribution is 6.42. The number of rotatable bonds is 0. The summed E-state index contributed by atoms with van der Waals surface area (Å²) in [4.78, 5) is 4.45. The van der Waals surface area contributed by atoms with Gasteiger partial charge in [0, 0.05) is 6.54 Å². The van der Waals surface area contributed by atoms with Crippen LogP contribution in [0.15, 0.2) is 12.1 Å². The quantitative estimate of drug-likeness (QED) is 0.711. The maximum Gasteiger partial charge on any atom is 0.136 e. The molecule has 3 nitrogen and oxygen atoms in total. The summed E-state index contributed by atoms with van der Waals surface area (Å²) in [6, 6.07) is 3.66. The Labute approximate surface area is 96.6 Å². The molecule has 0 N–H and O–H groups in total. The summed E-state index contributed by atoms with van der Waals surface area (Å²) in [5.74, 6) is 0.939. The molecule has 0 saturated heterocycles. The van der Waals surface area contributed by atoms with Crippen LogP contribution in [0.5, 0.6) is 0 Å². The van der Waals surface area contributed by atoms with Gasteiger partial charge < -0.3 is 9.30 Å². The van der Waals surface area contributed by atoms with E-state index in [0.29, 0.717) is 16.7 Å². The lowest BCUT2D eigenvalue weighted by molar-refractivity contribution is 0.0830. The average Bonchev–Trinajstić information content (AvgIpc) is 2.57. The third-order valence-electron chi connectivity index (χ3n) is 2.56. The number of hydrogen-bond acceptors (Lipinski definition) is 2. The largest absolute Gasteiger partial charge is 0.372 e. The number of aromatic nitrogens is 2. The number of fused-ring (bicyclic) bond motifs is 3. The van der Waals surface area contributed by atoms with E-state index in [0.717, 1.165) is 30.0 Å². The second-order valence-electron chi connectivity index (χ2n) is 3.49. The van der Waals surface area contributed by atoms with Gasteiger partial charge in [0.05, 0.1) is 27.7 Å². The summed E-state index contributed by atoms with van der Waals surface area (Å²) in [6.45, 7) is 2.10. The van der Waals surface area contributed by atoms with Gasteiger partial charge in [-0.15, -0.1) is 0 Å². The van der Waals surface area contributed by atoms with Gasteiger partial charge in [-0.25, -0.2) is 4.98 Å². The molecule has 0 radical (unpaired) electrons. The van der Waals surface area contributed by atoms with E-state index in [1.807, 2.05) is 6.07 Å². The van der Waals surface area contributed by atoms with Crippen LogP contribution in [-0.4, -0.2) is 16.2 Å². The van der Waals surface area contributed by atoms with Gasteiger partial charge in [0.2, 0.25) is 0 Å². The molecule has 2 aromatic rings. The number of nitrogens with zero attached hydrogens (tertiary/aromatic N) is 2. The normalized spacial score (nSPS) is 15.6. The first kappa shape index (κ1) is 9.46. The van der Waals surface area contributed by atoms with E-state index in [1.165, 1.54) is 0 Å². The van der Waals surface area contributed by atoms with Gasteiger partial charge in [0.25, 0.3) is 0 Å². The molecular formula is C10H8Cl2N2O. The van der Waals surface area contributed by atoms with E-state index in [-0.39, 0.29) is 0 Å². The van der Waals surface area contributed by atoms with Crippen LogP contribution in [0.2, 0.25) is 10.0 Å². The fourth-order valence-electron chi connectivity index (χ4n) is 1.85. The van der Waals surface area contributed by atoms with Crippen molar-refractivity contribution in [1.29, 1.82) is 0 Å². The van der Waals surface area contributed by atoms with Crippen molar-refractivity contribution in [3.63, 3.8) is 0 Å². The summed E-state index contributed by atoms with van der Waals surface area (Å²) in [6.07, 6.45) is 0. The van der Waals surface area contributed by atoms with E-state index in [2.05, 4.69) is 9.55 Å². The lowest BCUT2D eigenvalue weighted by Crippen LogP contribution is -2.16. The van der Waals surface area contributed by atoms with Crippen LogP contribution in [-0.2, 0) is 17.9 Å². The zero-order valence-corrected chi connectivity index (χ0v) is 9.35. The van der Waals surface area contributed by atoms with Gasteiger partial charge >= 0.3 is 0 Å². The summed E-state index contributed by atoms with van der Waals surface area (Å²) in [5.41, 5.74) is 1.91. The van der Waals surface area contributed by atoms with E-state index >= 15 is 0 Å². The Morgan fingerprint density at radius 2 is 2.07 bits per heavy atom. The van der Waals surface area contributed by atoms with Crippen LogP contribution in [0, 0.1) is 0 Å². The van der Waals surface area contributed by atoms with Gasteiger partial charge in [0.1, 0.15) is 12.4 Å². The molecule has 0 fully saturated rings. The molecule has 0 saturated carbocycles. The average molecular weight is 243 g/mol. The molecule has 5 heteroatoms. The van der Waals surface area contributed by atoms with Crippen LogP contribution < -0.4 is 0 Å². The maximum atomic E-state index is 5.98. The molecule has 1 aliphatic rings. The third kappa shape index (κ3) is 1.42. The minimum atomic E-state index is 0.542. The standard InChI is InChI=1S/C10H8Cl2N2O/c11-6-3-8-9(4-7(6)12)14-1-2-15-5-10(14)13-8/h3-4H,1-2,5H2. The fraction of sp³-hybridized carbons (Fsp3) is 0.300. The van der Waals surface area contributed by atoms with Crippen LogP contribution in [0.3, 0.4) is 0 Å². The van der Waals surface area contributed by atoms with Gasteiger partial charge in [-0.2, -0.15) is 0 Å². The summed E-state index contributed by atoms with van der Waals surface area (Å²) in [7, 11) is 0. The summed E-state index contributed by atoms with van der Waals surface area (Å²) >= 11 is 11.9. The van der Waals surface area contributed by atoms with E-state index < -0.39 is 0 Å². The predicted octanol–water partition coefficient (Wildman–Crippen LogP) is 2.87. The first-order chi connectivity index (χ1) is 7.25. The fourth-order valence-corrected chi connectivity index (χ4v) is 2.16. The summed E-state index contributed by atoms with van der Waals surface area (Å²) < 4.78 is 7.46. The third-order valence-corrected chi connectivity index (χ3v) is 3.28. The molecule has 0 unspecified atom stereocenters. The lowest BCUT2D eigenvalue weighted by Gasteiger charge is -2.14. The molecular weight excluding hydrogens is 235 g/mol. The minimum Gasteiger partial charge on any atom is -0.372 e. The number of imidazole rings is 1. The molecule has 1 aromatic heterocycles. The SMILES string of the molecule is Clc1cc2nc3n(c2cc1Cl)CCOC3. The number of benzene rings is 1. The molecule has 0 aliphatic carbocycles. The zero-order chi connectivity index (χ0) is 10.4. The van der Waals surface area contributed by atoms with Crippen molar-refractivity contribution in [3.8, 4) is 0 Å². The van der Waals surface area contributed by atoms with Crippen molar-refractivity contribution < 1.29 is 4.74 Å². The van der Waals surface area contributed by atoms with Crippen LogP contribution in [0.1, 0.15) is 5.82 Å². The van der Waals surface area contributed by atoms with Gasteiger partial charge in [-0.1, -0.05) is 23.2 Å². The highest BCUT2D eigenvalue weighted by Crippen LogP contribution is 2.29. The molecule has 0 atom stereocenters. The van der Waals surface area contributed by atoms with Gasteiger partial charge in [0.15, 0.2) is 0 Å². The van der Waals surface area contributed by atoms with Crippen molar-refractivity contribution in [2.24, 2.45) is 0 Å². The second kappa shape index (κ2) is 3.37. The van der Waals surface area contributed by atoms with Crippen LogP contribution >= 0.6 is 23.2 Å². The molecule has 0 spiro atoms. The number of halogens is 2. The Kier molecular flexibility index (Phi) is 2.12. The van der Waals surface area contributed by atoms with Crippen molar-refractivity contribution in [3.05, 3.63) is 28.0 Å². The maximum absolute atomic E-state index is 5.98. The Balaban J connectivity index is 2.33. The predicted molar refractivity (Wildman–Crippen MR) is 59.4 cm³/mol. The Hall–Kier alpha value is -0.770. The molecule has 2 heterocycles. The van der Waals surface area contributed by atoms with Gasteiger partial charge in [-0.05, 0) is 12.1 Å². The van der Waals surface area contributed by atoms with Crippen molar-refractivity contribution >= 4 is 34.2 Å². The molecule has 15 heavy (non-hydrogen) atoms. The molecule has 0 bridgehead atoms. The number of hydrogen-bond donors (Lipinski definition) is 0. The van der Waals surface area contributed by atoms with Crippen LogP contribution in [0.25, 0.3) is 11.0 Å². The van der Waals surface area contributed by atoms with Crippen LogP contribution in [0.4, 0.5) is 0 Å². The van der Waals surface area contributed by atoms with Crippen molar-refractivity contribution in [2.75, 3.05) is 6.61 Å². The van der Waals surface area contributed by atoms with E-state index in [1.54, 1.807) is 6.07 Å². The summed E-state index contributed by atoms with van der Waals surface area (Å²) in [5, 5.41) is 1.11. The Morgan fingerprint density at radius 3 is 2.93 bits per heavy atom. The monoisotopic (exact) mass is 242 g/mol. The highest BCUT2D eigenvalue weighted by Gasteiger charge is 2.15. The zero-order valence-electron chi connectivity index (χ0n) is 7.83. The van der Waals surface area contributed by atoms with E-state index in [9.17, 15) is 0 Å². The first-order valence-corrected chi connectivity index (χ1v) is 5.43. The Bertz CT molecular complexity index is 536. The first-order valence-electron chi connectivity index (χ1n) is 4.67. The van der Waals surface area contributed by atoms with Crippen molar-refractivity contribution in [2.45, 2.75) is 13.2 Å². The highest BCUT2D eigenvalue weighted by atomic mass is 35.5. The second-order valence-corrected chi connectivity index (χ2v) is 4.30. The number of ether oxygens (including phenoxy) is 1.